The molecule has 2 rings (SSSR count). The minimum absolute atomic E-state index is 0. The number of hydrogen-bond acceptors (Lipinski definition) is 4. The van der Waals surface area contributed by atoms with Gasteiger partial charge in [-0.05, 0) is 51.0 Å². The number of nitrogens with one attached hydrogen (secondary N) is 1. The zero-order chi connectivity index (χ0) is 18.2. The molecule has 0 amide bonds. The molecular weight excluding hydrogens is 443 g/mol. The highest BCUT2D eigenvalue weighted by molar-refractivity contribution is 14.0. The van der Waals surface area contributed by atoms with Gasteiger partial charge < -0.3 is 20.3 Å². The zero-order valence-corrected chi connectivity index (χ0v) is 18.2. The first-order chi connectivity index (χ1) is 12.0. The fourth-order valence-electron chi connectivity index (χ4n) is 2.54. The lowest BCUT2D eigenvalue weighted by Crippen LogP contribution is -2.22. The first-order valence-corrected chi connectivity index (χ1v) is 8.80. The number of nitrogens with two attached hydrogens (primary N) is 1. The number of guanidine groups is 1. The van der Waals surface area contributed by atoms with Crippen LogP contribution in [0, 0.1) is 0 Å². The summed E-state index contributed by atoms with van der Waals surface area (Å²) in [4.78, 5) is 4.30. The molecule has 0 saturated carbocycles. The quantitative estimate of drug-likeness (QED) is 0.324. The molecule has 26 heavy (non-hydrogen) atoms. The second kappa shape index (κ2) is 11.1. The number of nitrogens with zero attached hydrogens (tertiary/aromatic N) is 2. The highest BCUT2D eigenvalue weighted by atomic mass is 127. The van der Waals surface area contributed by atoms with Gasteiger partial charge in [-0.2, -0.15) is 0 Å². The van der Waals surface area contributed by atoms with Crippen LogP contribution in [0.25, 0.3) is 0 Å². The summed E-state index contributed by atoms with van der Waals surface area (Å²) in [7, 11) is 0. The molecule has 0 unspecified atom stereocenters. The van der Waals surface area contributed by atoms with Gasteiger partial charge in [-0.25, -0.2) is 4.99 Å². The Morgan fingerprint density at radius 1 is 1.23 bits per heavy atom. The van der Waals surface area contributed by atoms with Crippen LogP contribution in [0.1, 0.15) is 57.9 Å². The molecule has 3 N–H and O–H groups in total. The maximum Gasteiger partial charge on any atom is 0.193 e. The molecule has 144 valence electrons. The second-order valence-corrected chi connectivity index (χ2v) is 6.25. The van der Waals surface area contributed by atoms with E-state index in [0.29, 0.717) is 24.2 Å². The Morgan fingerprint density at radius 3 is 2.46 bits per heavy atom. The van der Waals surface area contributed by atoms with Crippen LogP contribution < -0.4 is 15.8 Å². The molecule has 0 fully saturated rings. The number of aliphatic imine (C=N–C) groups is 1. The number of aromatic nitrogens is 1. The highest BCUT2D eigenvalue weighted by Crippen LogP contribution is 2.22. The van der Waals surface area contributed by atoms with E-state index in [2.05, 4.69) is 29.3 Å². The second-order valence-electron chi connectivity index (χ2n) is 6.25. The molecule has 0 aliphatic carbocycles. The molecule has 2 aromatic rings. The fraction of sp³-hybridized carbons (Fsp3) is 0.474. The fourth-order valence-corrected chi connectivity index (χ4v) is 2.54. The summed E-state index contributed by atoms with van der Waals surface area (Å²) in [5.74, 6) is 2.31. The summed E-state index contributed by atoms with van der Waals surface area (Å²) in [6, 6.07) is 9.56. The summed E-state index contributed by atoms with van der Waals surface area (Å²) in [5.41, 5.74) is 7.78. The van der Waals surface area contributed by atoms with Crippen molar-refractivity contribution < 1.29 is 9.26 Å². The lowest BCUT2D eigenvalue weighted by molar-refractivity contribution is 0.242. The topological polar surface area (TPSA) is 85.7 Å². The Labute approximate surface area is 172 Å². The van der Waals surface area contributed by atoms with Crippen molar-refractivity contribution >= 4 is 35.6 Å². The molecule has 0 radical (unpaired) electrons. The molecule has 7 heteroatoms. The smallest absolute Gasteiger partial charge is 0.193 e. The molecular formula is C19H29IN4O2. The Kier molecular flexibility index (Phi) is 9.47. The van der Waals surface area contributed by atoms with Crippen molar-refractivity contribution in [2.75, 3.05) is 5.32 Å². The number of benzene rings is 1. The molecule has 0 bridgehead atoms. The lowest BCUT2D eigenvalue weighted by Gasteiger charge is -2.10. The third kappa shape index (κ3) is 6.86. The van der Waals surface area contributed by atoms with Crippen molar-refractivity contribution in [3.8, 4) is 5.75 Å². The standard InChI is InChI=1S/C19H28N4O2.HI/c1-5-14(6-2)18-11-17(25-23-18)12-21-19(20)22-15-7-9-16(10-8-15)24-13(3)4;/h7-11,13-14H,5-6,12H2,1-4H3,(H3,20,21,22);1H. The maximum absolute atomic E-state index is 5.94. The Balaban J connectivity index is 0.00000338. The molecule has 0 aliphatic heterocycles. The van der Waals surface area contributed by atoms with Gasteiger partial charge in [-0.3, -0.25) is 0 Å². The molecule has 0 aliphatic rings. The first kappa shape index (κ1) is 22.3. The molecule has 0 saturated heterocycles. The van der Waals surface area contributed by atoms with Crippen LogP contribution in [0.15, 0.2) is 39.8 Å². The lowest BCUT2D eigenvalue weighted by atomic mass is 9.99. The number of ether oxygens (including phenoxy) is 1. The van der Waals surface area contributed by atoms with Crippen LogP contribution in [-0.2, 0) is 6.54 Å². The van der Waals surface area contributed by atoms with Crippen LogP contribution in [0.3, 0.4) is 0 Å². The van der Waals surface area contributed by atoms with Gasteiger partial charge in [0.25, 0.3) is 0 Å². The van der Waals surface area contributed by atoms with E-state index in [4.69, 9.17) is 15.0 Å². The van der Waals surface area contributed by atoms with E-state index in [1.807, 2.05) is 44.2 Å². The summed E-state index contributed by atoms with van der Waals surface area (Å²) >= 11 is 0. The average molecular weight is 472 g/mol. The zero-order valence-electron chi connectivity index (χ0n) is 15.9. The van der Waals surface area contributed by atoms with E-state index in [-0.39, 0.29) is 30.1 Å². The monoisotopic (exact) mass is 472 g/mol. The van der Waals surface area contributed by atoms with Gasteiger partial charge in [0, 0.05) is 17.7 Å². The molecule has 1 heterocycles. The van der Waals surface area contributed by atoms with E-state index in [1.165, 1.54) is 0 Å². The van der Waals surface area contributed by atoms with Crippen molar-refractivity contribution in [1.29, 1.82) is 0 Å². The Bertz CT molecular complexity index is 679. The predicted molar refractivity (Wildman–Crippen MR) is 116 cm³/mol. The van der Waals surface area contributed by atoms with Crippen LogP contribution in [0.5, 0.6) is 5.75 Å². The van der Waals surface area contributed by atoms with Crippen molar-refractivity contribution in [3.63, 3.8) is 0 Å². The van der Waals surface area contributed by atoms with Gasteiger partial charge >= 0.3 is 0 Å². The molecule has 0 spiro atoms. The van der Waals surface area contributed by atoms with Gasteiger partial charge in [-0.15, -0.1) is 24.0 Å². The van der Waals surface area contributed by atoms with Crippen molar-refractivity contribution in [1.82, 2.24) is 5.16 Å². The number of hydrogen-bond donors (Lipinski definition) is 2. The van der Waals surface area contributed by atoms with E-state index in [0.717, 1.165) is 30.0 Å². The molecule has 0 atom stereocenters. The van der Waals surface area contributed by atoms with E-state index in [9.17, 15) is 0 Å². The molecule has 1 aromatic carbocycles. The highest BCUT2D eigenvalue weighted by Gasteiger charge is 2.12. The largest absolute Gasteiger partial charge is 0.491 e. The van der Waals surface area contributed by atoms with Crippen LogP contribution >= 0.6 is 24.0 Å². The third-order valence-electron chi connectivity index (χ3n) is 3.88. The van der Waals surface area contributed by atoms with E-state index < -0.39 is 0 Å². The van der Waals surface area contributed by atoms with Crippen LogP contribution in [0.4, 0.5) is 5.69 Å². The molecule has 6 nitrogen and oxygen atoms in total. The molecule has 1 aromatic heterocycles. The number of halogens is 1. The van der Waals surface area contributed by atoms with Gasteiger partial charge in [0.1, 0.15) is 12.3 Å². The summed E-state index contributed by atoms with van der Waals surface area (Å²) < 4.78 is 11.0. The summed E-state index contributed by atoms with van der Waals surface area (Å²) in [6.07, 6.45) is 2.25. The Hall–Kier alpha value is -1.77. The van der Waals surface area contributed by atoms with Crippen molar-refractivity contribution in [2.24, 2.45) is 10.7 Å². The third-order valence-corrected chi connectivity index (χ3v) is 3.88. The SMILES string of the molecule is CCC(CC)c1cc(CN=C(N)Nc2ccc(OC(C)C)cc2)on1.I. The first-order valence-electron chi connectivity index (χ1n) is 8.80. The van der Waals surface area contributed by atoms with Crippen molar-refractivity contribution in [3.05, 3.63) is 41.8 Å². The van der Waals surface area contributed by atoms with Gasteiger partial charge in [0.15, 0.2) is 11.7 Å². The predicted octanol–water partition coefficient (Wildman–Crippen LogP) is 4.91. The normalized spacial score (nSPS) is 11.5. The van der Waals surface area contributed by atoms with Gasteiger partial charge in [-0.1, -0.05) is 19.0 Å². The number of rotatable bonds is 8. The van der Waals surface area contributed by atoms with Crippen LogP contribution in [0.2, 0.25) is 0 Å². The van der Waals surface area contributed by atoms with E-state index >= 15 is 0 Å². The maximum atomic E-state index is 5.94. The van der Waals surface area contributed by atoms with E-state index in [1.54, 1.807) is 0 Å². The van der Waals surface area contributed by atoms with Gasteiger partial charge in [0.05, 0.1) is 11.8 Å². The minimum atomic E-state index is 0. The van der Waals surface area contributed by atoms with Crippen molar-refractivity contribution in [2.45, 2.75) is 59.1 Å². The summed E-state index contributed by atoms with van der Waals surface area (Å²) in [5, 5.41) is 7.19. The number of anilines is 1. The summed E-state index contributed by atoms with van der Waals surface area (Å²) in [6.45, 7) is 8.66. The minimum Gasteiger partial charge on any atom is -0.491 e. The average Bonchev–Trinajstić information content (AvgIpc) is 3.04. The Morgan fingerprint density at radius 2 is 1.88 bits per heavy atom. The van der Waals surface area contributed by atoms with Gasteiger partial charge in [0.2, 0.25) is 0 Å². The van der Waals surface area contributed by atoms with Crippen LogP contribution in [-0.4, -0.2) is 17.2 Å².